The van der Waals surface area contributed by atoms with Gasteiger partial charge in [0.15, 0.2) is 0 Å². The molecule has 0 spiro atoms. The lowest BCUT2D eigenvalue weighted by Gasteiger charge is -2.40. The summed E-state index contributed by atoms with van der Waals surface area (Å²) >= 11 is 6.19. The first kappa shape index (κ1) is 22.3. The van der Waals surface area contributed by atoms with Crippen molar-refractivity contribution in [3.05, 3.63) is 52.0 Å². The second kappa shape index (κ2) is 9.68. The molecule has 2 aromatic rings. The maximum atomic E-state index is 6.19. The summed E-state index contributed by atoms with van der Waals surface area (Å²) < 4.78 is 17.0. The SMILES string of the molecule is COc1cc(N2CCN(C(C)c3ccc(O[C@H]4CCOC4)c(C)c3C)CC2)ccc1Cl. The molecule has 0 N–H and O–H groups in total. The fourth-order valence-corrected chi connectivity index (χ4v) is 4.79. The quantitative estimate of drug-likeness (QED) is 0.625. The summed E-state index contributed by atoms with van der Waals surface area (Å²) in [4.78, 5) is 4.97. The minimum absolute atomic E-state index is 0.181. The van der Waals surface area contributed by atoms with E-state index in [1.165, 1.54) is 16.7 Å². The average molecular weight is 445 g/mol. The Morgan fingerprint density at radius 2 is 1.81 bits per heavy atom. The molecule has 2 heterocycles. The van der Waals surface area contributed by atoms with Gasteiger partial charge >= 0.3 is 0 Å². The van der Waals surface area contributed by atoms with Crippen molar-refractivity contribution in [1.82, 2.24) is 4.90 Å². The third-order valence-electron chi connectivity index (χ3n) is 6.77. The number of halogens is 1. The number of nitrogens with zero attached hydrogens (tertiary/aromatic N) is 2. The van der Waals surface area contributed by atoms with Gasteiger partial charge in [0.25, 0.3) is 0 Å². The number of anilines is 1. The second-order valence-electron chi connectivity index (χ2n) is 8.52. The standard InChI is InChI=1S/C25H33ClN2O3/c1-17-18(2)24(31-21-9-14-30-16-21)8-6-22(17)19(3)27-10-12-28(13-11-27)20-5-7-23(26)25(15-20)29-4/h5-8,15,19,21H,9-14,16H2,1-4H3/t19?,21-/m0/s1. The predicted molar refractivity (Wildman–Crippen MR) is 126 cm³/mol. The van der Waals surface area contributed by atoms with E-state index < -0.39 is 0 Å². The Morgan fingerprint density at radius 1 is 1.03 bits per heavy atom. The summed E-state index contributed by atoms with van der Waals surface area (Å²) in [6.45, 7) is 12.2. The van der Waals surface area contributed by atoms with E-state index in [2.05, 4.69) is 48.8 Å². The van der Waals surface area contributed by atoms with Gasteiger partial charge in [-0.1, -0.05) is 17.7 Å². The van der Waals surface area contributed by atoms with E-state index in [4.69, 9.17) is 25.8 Å². The van der Waals surface area contributed by atoms with Crippen LogP contribution < -0.4 is 14.4 Å². The molecule has 2 aliphatic rings. The Labute approximate surface area is 190 Å². The first-order valence-corrected chi connectivity index (χ1v) is 11.5. The van der Waals surface area contributed by atoms with Gasteiger partial charge in [-0.05, 0) is 55.7 Å². The van der Waals surface area contributed by atoms with Gasteiger partial charge in [-0.15, -0.1) is 0 Å². The molecule has 2 saturated heterocycles. The van der Waals surface area contributed by atoms with E-state index >= 15 is 0 Å². The van der Waals surface area contributed by atoms with Crippen LogP contribution in [0.5, 0.6) is 11.5 Å². The number of methoxy groups -OCH3 is 1. The van der Waals surface area contributed by atoms with Gasteiger partial charge < -0.3 is 19.1 Å². The van der Waals surface area contributed by atoms with Crippen LogP contribution in [0.1, 0.15) is 36.1 Å². The zero-order valence-electron chi connectivity index (χ0n) is 19.0. The molecule has 2 atom stereocenters. The van der Waals surface area contributed by atoms with Gasteiger partial charge in [0.2, 0.25) is 0 Å². The van der Waals surface area contributed by atoms with Crippen molar-refractivity contribution < 1.29 is 14.2 Å². The van der Waals surface area contributed by atoms with E-state index in [0.717, 1.165) is 56.4 Å². The summed E-state index contributed by atoms with van der Waals surface area (Å²) in [5.74, 6) is 1.72. The molecular formula is C25H33ClN2O3. The highest BCUT2D eigenvalue weighted by molar-refractivity contribution is 6.32. The number of rotatable bonds is 6. The van der Waals surface area contributed by atoms with Crippen LogP contribution in [0.25, 0.3) is 0 Å². The summed E-state index contributed by atoms with van der Waals surface area (Å²) in [5, 5.41) is 0.650. The molecule has 6 heteroatoms. The van der Waals surface area contributed by atoms with Crippen molar-refractivity contribution in [3.8, 4) is 11.5 Å². The van der Waals surface area contributed by atoms with Crippen molar-refractivity contribution in [2.24, 2.45) is 0 Å². The fourth-order valence-electron chi connectivity index (χ4n) is 4.59. The van der Waals surface area contributed by atoms with Crippen molar-refractivity contribution in [3.63, 3.8) is 0 Å². The van der Waals surface area contributed by atoms with Crippen molar-refractivity contribution >= 4 is 17.3 Å². The Morgan fingerprint density at radius 3 is 2.48 bits per heavy atom. The van der Waals surface area contributed by atoms with Crippen LogP contribution in [0.3, 0.4) is 0 Å². The molecule has 0 aromatic heterocycles. The van der Waals surface area contributed by atoms with Crippen molar-refractivity contribution in [1.29, 1.82) is 0 Å². The molecule has 31 heavy (non-hydrogen) atoms. The summed E-state index contributed by atoms with van der Waals surface area (Å²) in [6.07, 6.45) is 1.15. The number of hydrogen-bond acceptors (Lipinski definition) is 5. The van der Waals surface area contributed by atoms with Crippen LogP contribution in [0.2, 0.25) is 5.02 Å². The topological polar surface area (TPSA) is 34.2 Å². The number of ether oxygens (including phenoxy) is 3. The molecule has 0 saturated carbocycles. The highest BCUT2D eigenvalue weighted by Gasteiger charge is 2.25. The number of hydrogen-bond donors (Lipinski definition) is 0. The lowest BCUT2D eigenvalue weighted by molar-refractivity contribution is 0.140. The van der Waals surface area contributed by atoms with Crippen LogP contribution in [0, 0.1) is 13.8 Å². The Balaban J connectivity index is 1.41. The predicted octanol–water partition coefficient (Wildman–Crippen LogP) is 5.02. The lowest BCUT2D eigenvalue weighted by Crippen LogP contribution is -2.47. The number of benzene rings is 2. The molecular weight excluding hydrogens is 412 g/mol. The van der Waals surface area contributed by atoms with Gasteiger partial charge in [0.1, 0.15) is 17.6 Å². The average Bonchev–Trinajstić information content (AvgIpc) is 3.30. The summed E-state index contributed by atoms with van der Waals surface area (Å²) in [5.41, 5.74) is 5.11. The minimum Gasteiger partial charge on any atom is -0.495 e. The van der Waals surface area contributed by atoms with Crippen LogP contribution in [0.4, 0.5) is 5.69 Å². The molecule has 0 radical (unpaired) electrons. The van der Waals surface area contributed by atoms with Crippen molar-refractivity contribution in [2.45, 2.75) is 39.3 Å². The Bertz CT molecular complexity index is 906. The fraction of sp³-hybridized carbons (Fsp3) is 0.520. The highest BCUT2D eigenvalue weighted by atomic mass is 35.5. The molecule has 4 rings (SSSR count). The van der Waals surface area contributed by atoms with E-state index in [-0.39, 0.29) is 6.10 Å². The third-order valence-corrected chi connectivity index (χ3v) is 7.09. The molecule has 0 aliphatic carbocycles. The second-order valence-corrected chi connectivity index (χ2v) is 8.93. The van der Waals surface area contributed by atoms with Gasteiger partial charge in [-0.3, -0.25) is 4.90 Å². The molecule has 0 amide bonds. The number of piperazine rings is 1. The first-order chi connectivity index (χ1) is 15.0. The van der Waals surface area contributed by atoms with Gasteiger partial charge in [-0.2, -0.15) is 0 Å². The zero-order valence-corrected chi connectivity index (χ0v) is 19.7. The minimum atomic E-state index is 0.181. The monoisotopic (exact) mass is 444 g/mol. The smallest absolute Gasteiger partial charge is 0.139 e. The first-order valence-electron chi connectivity index (χ1n) is 11.1. The van der Waals surface area contributed by atoms with E-state index in [1.807, 2.05) is 12.1 Å². The van der Waals surface area contributed by atoms with Crippen LogP contribution in [0.15, 0.2) is 30.3 Å². The molecule has 0 bridgehead atoms. The van der Waals surface area contributed by atoms with Gasteiger partial charge in [-0.25, -0.2) is 0 Å². The Hall–Kier alpha value is -1.95. The van der Waals surface area contributed by atoms with E-state index in [1.54, 1.807) is 7.11 Å². The highest BCUT2D eigenvalue weighted by Crippen LogP contribution is 2.34. The van der Waals surface area contributed by atoms with Gasteiger partial charge in [0, 0.05) is 50.4 Å². The normalized spacial score (nSPS) is 20.7. The Kier molecular flexibility index (Phi) is 6.95. The zero-order chi connectivity index (χ0) is 22.0. The van der Waals surface area contributed by atoms with Gasteiger partial charge in [0.05, 0.1) is 25.3 Å². The molecule has 5 nitrogen and oxygen atoms in total. The van der Waals surface area contributed by atoms with E-state index in [0.29, 0.717) is 17.7 Å². The molecule has 2 aliphatic heterocycles. The van der Waals surface area contributed by atoms with E-state index in [9.17, 15) is 0 Å². The third kappa shape index (κ3) is 4.79. The summed E-state index contributed by atoms with van der Waals surface area (Å²) in [6, 6.07) is 10.8. The largest absolute Gasteiger partial charge is 0.495 e. The summed E-state index contributed by atoms with van der Waals surface area (Å²) in [7, 11) is 1.66. The van der Waals surface area contributed by atoms with Crippen LogP contribution in [-0.2, 0) is 4.74 Å². The molecule has 2 aromatic carbocycles. The molecule has 2 fully saturated rings. The molecule has 1 unspecified atom stereocenters. The lowest BCUT2D eigenvalue weighted by atomic mass is 9.96. The van der Waals surface area contributed by atoms with Crippen LogP contribution >= 0.6 is 11.6 Å². The molecule has 168 valence electrons. The maximum absolute atomic E-state index is 6.19. The van der Waals surface area contributed by atoms with Crippen molar-refractivity contribution in [2.75, 3.05) is 51.4 Å². The van der Waals surface area contributed by atoms with Crippen LogP contribution in [-0.4, -0.2) is 57.5 Å². The maximum Gasteiger partial charge on any atom is 0.139 e.